The van der Waals surface area contributed by atoms with E-state index in [-0.39, 0.29) is 11.3 Å². The molecule has 2 heterocycles. The van der Waals surface area contributed by atoms with Crippen LogP contribution in [0, 0.1) is 5.41 Å². The molecule has 0 saturated carbocycles. The van der Waals surface area contributed by atoms with Gasteiger partial charge in [-0.15, -0.1) is 0 Å². The van der Waals surface area contributed by atoms with Crippen LogP contribution in [0.2, 0.25) is 0 Å². The molecule has 0 aromatic heterocycles. The van der Waals surface area contributed by atoms with Gasteiger partial charge in [0.05, 0.1) is 11.9 Å². The Balaban J connectivity index is 1.72. The molecule has 1 saturated heterocycles. The van der Waals surface area contributed by atoms with Gasteiger partial charge in [-0.05, 0) is 68.0 Å². The molecule has 0 bridgehead atoms. The molecule has 0 unspecified atom stereocenters. The quantitative estimate of drug-likeness (QED) is 0.848. The standard InChI is InChI=1S/C18H27N3O3S/c1-18(7-9-19-10-8-18)13-20-17(22)15-5-6-16-14(12-15)4-3-11-21(16)25(2,23)24/h5-6,12,19H,3-4,7-11,13H2,1-2H3,(H,20,22). The molecule has 1 aromatic carbocycles. The van der Waals surface area contributed by atoms with Gasteiger partial charge in [-0.1, -0.05) is 6.92 Å². The Hall–Kier alpha value is -1.60. The Morgan fingerprint density at radius 3 is 2.72 bits per heavy atom. The SMILES string of the molecule is CC1(CNC(=O)c2ccc3c(c2)CCCN3S(C)(=O)=O)CCNCC1. The summed E-state index contributed by atoms with van der Waals surface area (Å²) in [6, 6.07) is 5.33. The second-order valence-electron chi connectivity index (χ2n) is 7.53. The average molecular weight is 365 g/mol. The minimum Gasteiger partial charge on any atom is -0.351 e. The third kappa shape index (κ3) is 4.15. The van der Waals surface area contributed by atoms with E-state index in [0.29, 0.717) is 24.3 Å². The lowest BCUT2D eigenvalue weighted by molar-refractivity contribution is 0.0922. The van der Waals surface area contributed by atoms with E-state index in [1.807, 2.05) is 6.07 Å². The molecule has 7 heteroatoms. The minimum atomic E-state index is -3.28. The first kappa shape index (κ1) is 18.2. The van der Waals surface area contributed by atoms with Crippen LogP contribution in [0.15, 0.2) is 18.2 Å². The van der Waals surface area contributed by atoms with E-state index in [0.717, 1.165) is 44.3 Å². The molecule has 2 aliphatic heterocycles. The van der Waals surface area contributed by atoms with Crippen LogP contribution in [0.25, 0.3) is 0 Å². The zero-order chi connectivity index (χ0) is 18.1. The van der Waals surface area contributed by atoms with Crippen molar-refractivity contribution in [2.45, 2.75) is 32.6 Å². The number of fused-ring (bicyclic) bond motifs is 1. The van der Waals surface area contributed by atoms with Crippen LogP contribution in [0.1, 0.15) is 42.1 Å². The van der Waals surface area contributed by atoms with Crippen LogP contribution in [-0.2, 0) is 16.4 Å². The fraction of sp³-hybridized carbons (Fsp3) is 0.611. The number of piperidine rings is 1. The first-order valence-corrected chi connectivity index (χ1v) is 10.7. The van der Waals surface area contributed by atoms with E-state index < -0.39 is 10.0 Å². The predicted molar refractivity (Wildman–Crippen MR) is 99.5 cm³/mol. The number of aryl methyl sites for hydroxylation is 1. The highest BCUT2D eigenvalue weighted by atomic mass is 32.2. The summed E-state index contributed by atoms with van der Waals surface area (Å²) in [4.78, 5) is 12.5. The van der Waals surface area contributed by atoms with Gasteiger partial charge < -0.3 is 10.6 Å². The maximum absolute atomic E-state index is 12.5. The van der Waals surface area contributed by atoms with E-state index in [4.69, 9.17) is 0 Å². The summed E-state index contributed by atoms with van der Waals surface area (Å²) in [6.07, 6.45) is 4.91. The second-order valence-corrected chi connectivity index (χ2v) is 9.43. The van der Waals surface area contributed by atoms with Crippen molar-refractivity contribution < 1.29 is 13.2 Å². The molecule has 138 valence electrons. The Morgan fingerprint density at radius 1 is 1.32 bits per heavy atom. The van der Waals surface area contributed by atoms with Crippen LogP contribution in [0.3, 0.4) is 0 Å². The number of carbonyl (C=O) groups is 1. The van der Waals surface area contributed by atoms with Crippen LogP contribution in [0.4, 0.5) is 5.69 Å². The molecule has 0 radical (unpaired) electrons. The highest BCUT2D eigenvalue weighted by Gasteiger charge is 2.28. The largest absolute Gasteiger partial charge is 0.351 e. The molecular formula is C18H27N3O3S. The number of rotatable bonds is 4. The molecule has 0 aliphatic carbocycles. The van der Waals surface area contributed by atoms with Gasteiger partial charge in [0, 0.05) is 18.7 Å². The van der Waals surface area contributed by atoms with Crippen molar-refractivity contribution in [3.63, 3.8) is 0 Å². The predicted octanol–water partition coefficient (Wildman–Crippen LogP) is 1.52. The molecule has 2 N–H and O–H groups in total. The molecule has 3 rings (SSSR count). The number of amides is 1. The normalized spacial score (nSPS) is 20.0. The van der Waals surface area contributed by atoms with E-state index in [1.165, 1.54) is 10.6 Å². The van der Waals surface area contributed by atoms with E-state index in [1.54, 1.807) is 12.1 Å². The lowest BCUT2D eigenvalue weighted by Crippen LogP contribution is -2.43. The molecule has 0 atom stereocenters. The van der Waals surface area contributed by atoms with Crippen molar-refractivity contribution in [3.8, 4) is 0 Å². The van der Waals surface area contributed by atoms with Gasteiger partial charge in [-0.25, -0.2) is 8.42 Å². The van der Waals surface area contributed by atoms with Crippen molar-refractivity contribution in [2.24, 2.45) is 5.41 Å². The van der Waals surface area contributed by atoms with Crippen LogP contribution in [-0.4, -0.2) is 46.8 Å². The molecule has 1 aromatic rings. The first-order chi connectivity index (χ1) is 11.8. The van der Waals surface area contributed by atoms with E-state index in [9.17, 15) is 13.2 Å². The number of hydrogen-bond acceptors (Lipinski definition) is 4. The maximum Gasteiger partial charge on any atom is 0.251 e. The fourth-order valence-corrected chi connectivity index (χ4v) is 4.65. The lowest BCUT2D eigenvalue weighted by atomic mass is 9.81. The van der Waals surface area contributed by atoms with E-state index in [2.05, 4.69) is 17.6 Å². The number of hydrogen-bond donors (Lipinski definition) is 2. The van der Waals surface area contributed by atoms with Gasteiger partial charge in [-0.2, -0.15) is 0 Å². The Morgan fingerprint density at radius 2 is 2.04 bits per heavy atom. The monoisotopic (exact) mass is 365 g/mol. The Labute approximate surface area is 150 Å². The highest BCUT2D eigenvalue weighted by Crippen LogP contribution is 2.30. The smallest absolute Gasteiger partial charge is 0.251 e. The summed E-state index contributed by atoms with van der Waals surface area (Å²) in [5.41, 5.74) is 2.38. The molecule has 6 nitrogen and oxygen atoms in total. The third-order valence-electron chi connectivity index (χ3n) is 5.30. The minimum absolute atomic E-state index is 0.0842. The molecule has 2 aliphatic rings. The third-order valence-corrected chi connectivity index (χ3v) is 6.48. The van der Waals surface area contributed by atoms with E-state index >= 15 is 0 Å². The topological polar surface area (TPSA) is 78.5 Å². The number of nitrogens with one attached hydrogen (secondary N) is 2. The summed E-state index contributed by atoms with van der Waals surface area (Å²) in [5.74, 6) is -0.0842. The van der Waals surface area contributed by atoms with Crippen molar-refractivity contribution in [3.05, 3.63) is 29.3 Å². The average Bonchev–Trinajstić information content (AvgIpc) is 2.58. The first-order valence-electron chi connectivity index (χ1n) is 8.88. The van der Waals surface area contributed by atoms with Crippen LogP contribution >= 0.6 is 0 Å². The number of carbonyl (C=O) groups excluding carboxylic acids is 1. The second kappa shape index (κ2) is 6.96. The zero-order valence-corrected chi connectivity index (χ0v) is 15.8. The van der Waals surface area contributed by atoms with Crippen LogP contribution < -0.4 is 14.9 Å². The summed E-state index contributed by atoms with van der Waals surface area (Å²) in [5, 5.41) is 6.40. The van der Waals surface area contributed by atoms with Gasteiger partial charge in [0.15, 0.2) is 0 Å². The van der Waals surface area contributed by atoms with Gasteiger partial charge in [0.25, 0.3) is 5.91 Å². The summed E-state index contributed by atoms with van der Waals surface area (Å²) < 4.78 is 25.3. The molecule has 1 fully saturated rings. The summed E-state index contributed by atoms with van der Waals surface area (Å²) >= 11 is 0. The molecule has 25 heavy (non-hydrogen) atoms. The summed E-state index contributed by atoms with van der Waals surface area (Å²) in [6.45, 7) is 5.37. The Bertz CT molecular complexity index is 755. The van der Waals surface area contributed by atoms with Gasteiger partial charge >= 0.3 is 0 Å². The number of benzene rings is 1. The van der Waals surface area contributed by atoms with Crippen molar-refractivity contribution in [1.82, 2.24) is 10.6 Å². The fourth-order valence-electron chi connectivity index (χ4n) is 3.65. The van der Waals surface area contributed by atoms with Crippen molar-refractivity contribution in [1.29, 1.82) is 0 Å². The maximum atomic E-state index is 12.5. The Kier molecular flexibility index (Phi) is 5.06. The number of anilines is 1. The highest BCUT2D eigenvalue weighted by molar-refractivity contribution is 7.92. The molecule has 0 spiro atoms. The summed E-state index contributed by atoms with van der Waals surface area (Å²) in [7, 11) is -3.28. The lowest BCUT2D eigenvalue weighted by Gasteiger charge is -2.34. The number of nitrogens with zero attached hydrogens (tertiary/aromatic N) is 1. The molecular weight excluding hydrogens is 338 g/mol. The van der Waals surface area contributed by atoms with Crippen LogP contribution in [0.5, 0.6) is 0 Å². The number of sulfonamides is 1. The molecule has 1 amide bonds. The van der Waals surface area contributed by atoms with Gasteiger partial charge in [0.1, 0.15) is 0 Å². The van der Waals surface area contributed by atoms with Crippen molar-refractivity contribution >= 4 is 21.6 Å². The van der Waals surface area contributed by atoms with Gasteiger partial charge in [0.2, 0.25) is 10.0 Å². The van der Waals surface area contributed by atoms with Crippen molar-refractivity contribution in [2.75, 3.05) is 36.7 Å². The van der Waals surface area contributed by atoms with Gasteiger partial charge in [-0.3, -0.25) is 9.10 Å². The zero-order valence-electron chi connectivity index (χ0n) is 15.0.